The Morgan fingerprint density at radius 2 is 1.88 bits per heavy atom. The molecule has 25 heavy (non-hydrogen) atoms. The second-order valence-corrected chi connectivity index (χ2v) is 7.34. The van der Waals surface area contributed by atoms with Gasteiger partial charge in [-0.2, -0.15) is 0 Å². The first-order chi connectivity index (χ1) is 11.7. The molecule has 1 aliphatic heterocycles. The summed E-state index contributed by atoms with van der Waals surface area (Å²) in [5, 5.41) is 3.10. The summed E-state index contributed by atoms with van der Waals surface area (Å²) in [5.74, 6) is 1.62. The molecular formula is C20H32N2O3. The van der Waals surface area contributed by atoms with Crippen molar-refractivity contribution in [1.29, 1.82) is 0 Å². The first-order valence-electron chi connectivity index (χ1n) is 9.15. The van der Waals surface area contributed by atoms with Crippen molar-refractivity contribution < 1.29 is 14.3 Å². The average molecular weight is 348 g/mol. The zero-order chi connectivity index (χ0) is 18.8. The number of likely N-dealkylation sites (N-methyl/N-ethyl adjacent to an activating group) is 1. The summed E-state index contributed by atoms with van der Waals surface area (Å²) < 4.78 is 11.9. The summed E-state index contributed by atoms with van der Waals surface area (Å²) in [7, 11) is 1.65. The minimum atomic E-state index is -0.193. The molecule has 0 saturated heterocycles. The molecule has 0 atom stereocenters. The van der Waals surface area contributed by atoms with Gasteiger partial charge in [-0.3, -0.25) is 9.69 Å². The van der Waals surface area contributed by atoms with E-state index in [0.29, 0.717) is 6.54 Å². The topological polar surface area (TPSA) is 50.8 Å². The van der Waals surface area contributed by atoms with E-state index in [4.69, 9.17) is 9.47 Å². The number of fused-ring (bicyclic) bond motifs is 1. The Balaban J connectivity index is 2.43. The highest BCUT2D eigenvalue weighted by Gasteiger charge is 2.32. The maximum absolute atomic E-state index is 12.6. The largest absolute Gasteiger partial charge is 0.494 e. The van der Waals surface area contributed by atoms with Crippen LogP contribution in [0.25, 0.3) is 0 Å². The minimum Gasteiger partial charge on any atom is -0.494 e. The van der Waals surface area contributed by atoms with Crippen molar-refractivity contribution in [2.24, 2.45) is 0 Å². The quantitative estimate of drug-likeness (QED) is 0.852. The van der Waals surface area contributed by atoms with E-state index in [1.165, 1.54) is 0 Å². The van der Waals surface area contributed by atoms with Crippen molar-refractivity contribution >= 4 is 11.6 Å². The van der Waals surface area contributed by atoms with Crippen LogP contribution in [-0.4, -0.2) is 43.2 Å². The van der Waals surface area contributed by atoms with Gasteiger partial charge in [0.25, 0.3) is 0 Å². The van der Waals surface area contributed by atoms with Crippen molar-refractivity contribution in [2.75, 3.05) is 32.1 Å². The van der Waals surface area contributed by atoms with Crippen LogP contribution in [-0.2, 0) is 11.2 Å². The maximum Gasteiger partial charge on any atom is 0.238 e. The van der Waals surface area contributed by atoms with Crippen LogP contribution in [0.1, 0.15) is 50.8 Å². The van der Waals surface area contributed by atoms with Gasteiger partial charge in [-0.15, -0.1) is 0 Å². The van der Waals surface area contributed by atoms with Gasteiger partial charge >= 0.3 is 0 Å². The fraction of sp³-hybridized carbons (Fsp3) is 0.650. The number of carbonyl (C=O) groups excluding carboxylic acids is 1. The molecule has 2 rings (SSSR count). The van der Waals surface area contributed by atoms with Crippen LogP contribution in [0.3, 0.4) is 0 Å². The van der Waals surface area contributed by atoms with E-state index >= 15 is 0 Å². The van der Waals surface area contributed by atoms with Crippen molar-refractivity contribution in [3.63, 3.8) is 0 Å². The third kappa shape index (κ3) is 4.09. The van der Waals surface area contributed by atoms with E-state index in [1.807, 2.05) is 6.92 Å². The lowest BCUT2D eigenvalue weighted by Crippen LogP contribution is -2.35. The second kappa shape index (κ2) is 7.65. The van der Waals surface area contributed by atoms with Crippen LogP contribution in [0.15, 0.2) is 0 Å². The number of hydrogen-bond acceptors (Lipinski definition) is 4. The summed E-state index contributed by atoms with van der Waals surface area (Å²) in [6, 6.07) is 0. The Hall–Kier alpha value is -1.75. The van der Waals surface area contributed by atoms with E-state index in [-0.39, 0.29) is 11.5 Å². The molecule has 0 radical (unpaired) electrons. The molecule has 0 spiro atoms. The molecule has 5 heteroatoms. The van der Waals surface area contributed by atoms with Crippen molar-refractivity contribution in [3.8, 4) is 11.5 Å². The van der Waals surface area contributed by atoms with Crippen LogP contribution in [0.2, 0.25) is 0 Å². The first kappa shape index (κ1) is 19.6. The normalized spacial score (nSPS) is 15.5. The van der Waals surface area contributed by atoms with Crippen LogP contribution >= 0.6 is 0 Å². The number of methoxy groups -OCH3 is 1. The Morgan fingerprint density at radius 1 is 1.24 bits per heavy atom. The van der Waals surface area contributed by atoms with Crippen molar-refractivity contribution in [1.82, 2.24) is 4.90 Å². The Labute approximate surface area is 151 Å². The minimum absolute atomic E-state index is 0.0164. The summed E-state index contributed by atoms with van der Waals surface area (Å²) in [4.78, 5) is 14.7. The van der Waals surface area contributed by atoms with Crippen LogP contribution in [0.5, 0.6) is 11.5 Å². The number of rotatable bonds is 6. The summed E-state index contributed by atoms with van der Waals surface area (Å²) >= 11 is 0. The van der Waals surface area contributed by atoms with Gasteiger partial charge in [-0.25, -0.2) is 0 Å². The fourth-order valence-electron chi connectivity index (χ4n) is 3.35. The van der Waals surface area contributed by atoms with Crippen LogP contribution in [0, 0.1) is 13.8 Å². The number of carbonyl (C=O) groups is 1. The van der Waals surface area contributed by atoms with Crippen LogP contribution in [0.4, 0.5) is 5.69 Å². The predicted octanol–water partition coefficient (Wildman–Crippen LogP) is 3.70. The molecule has 0 aromatic heterocycles. The highest BCUT2D eigenvalue weighted by atomic mass is 16.5. The summed E-state index contributed by atoms with van der Waals surface area (Å²) in [6.45, 7) is 14.5. The molecule has 1 aromatic carbocycles. The Kier molecular flexibility index (Phi) is 5.99. The highest BCUT2D eigenvalue weighted by molar-refractivity contribution is 5.96. The van der Waals surface area contributed by atoms with Gasteiger partial charge in [0.1, 0.15) is 17.1 Å². The van der Waals surface area contributed by atoms with Crippen molar-refractivity contribution in [2.45, 2.75) is 60.0 Å². The number of amides is 1. The Bertz CT molecular complexity index is 649. The summed E-state index contributed by atoms with van der Waals surface area (Å²) in [5.41, 5.74) is 3.72. The van der Waals surface area contributed by atoms with E-state index in [1.54, 1.807) is 7.11 Å². The van der Waals surface area contributed by atoms with E-state index in [9.17, 15) is 4.79 Å². The zero-order valence-electron chi connectivity index (χ0n) is 16.7. The number of anilines is 1. The fourth-order valence-corrected chi connectivity index (χ4v) is 3.35. The van der Waals surface area contributed by atoms with E-state index in [2.05, 4.69) is 44.8 Å². The lowest BCUT2D eigenvalue weighted by molar-refractivity contribution is -0.117. The van der Waals surface area contributed by atoms with Gasteiger partial charge < -0.3 is 14.8 Å². The van der Waals surface area contributed by atoms with Gasteiger partial charge in [0.05, 0.1) is 19.3 Å². The van der Waals surface area contributed by atoms with Gasteiger partial charge in [0.15, 0.2) is 0 Å². The molecule has 1 heterocycles. The van der Waals surface area contributed by atoms with Gasteiger partial charge in [-0.1, -0.05) is 13.8 Å². The molecule has 140 valence electrons. The molecule has 5 nitrogen and oxygen atoms in total. The SMILES string of the molecule is CCN(CC)CC(=O)Nc1c2c(c(C)c(C)c1OC)OC(C)(C)CC2. The van der Waals surface area contributed by atoms with Gasteiger partial charge in [-0.05, 0) is 64.8 Å². The standard InChI is InChI=1S/C20H32N2O3/c1-8-22(9-2)12-16(23)21-17-15-10-11-20(5,6)25-18(15)13(3)14(4)19(17)24-7/h8-12H2,1-7H3,(H,21,23). The third-order valence-corrected chi connectivity index (χ3v) is 5.13. The van der Waals surface area contributed by atoms with Gasteiger partial charge in [0.2, 0.25) is 5.91 Å². The number of benzene rings is 1. The molecule has 1 aromatic rings. The molecule has 1 N–H and O–H groups in total. The van der Waals surface area contributed by atoms with E-state index < -0.39 is 0 Å². The molecule has 1 aliphatic rings. The molecule has 1 amide bonds. The van der Waals surface area contributed by atoms with Crippen LogP contribution < -0.4 is 14.8 Å². The molecule has 0 bridgehead atoms. The maximum atomic E-state index is 12.6. The monoisotopic (exact) mass is 348 g/mol. The van der Waals surface area contributed by atoms with E-state index in [0.717, 1.165) is 59.8 Å². The number of nitrogens with zero attached hydrogens (tertiary/aromatic N) is 1. The number of hydrogen-bond donors (Lipinski definition) is 1. The molecule has 0 aliphatic carbocycles. The second-order valence-electron chi connectivity index (χ2n) is 7.34. The smallest absolute Gasteiger partial charge is 0.238 e. The lowest BCUT2D eigenvalue weighted by Gasteiger charge is -2.36. The zero-order valence-corrected chi connectivity index (χ0v) is 16.7. The summed E-state index contributed by atoms with van der Waals surface area (Å²) in [6.07, 6.45) is 1.77. The lowest BCUT2D eigenvalue weighted by atomic mass is 9.89. The molecule has 0 unspecified atom stereocenters. The first-order valence-corrected chi connectivity index (χ1v) is 9.15. The number of ether oxygens (including phenoxy) is 2. The third-order valence-electron chi connectivity index (χ3n) is 5.13. The van der Waals surface area contributed by atoms with Crippen molar-refractivity contribution in [3.05, 3.63) is 16.7 Å². The average Bonchev–Trinajstić information content (AvgIpc) is 2.57. The highest BCUT2D eigenvalue weighted by Crippen LogP contribution is 2.46. The van der Waals surface area contributed by atoms with Gasteiger partial charge in [0, 0.05) is 5.56 Å². The molecule has 0 saturated carbocycles. The molecule has 0 fully saturated rings. The predicted molar refractivity (Wildman–Crippen MR) is 102 cm³/mol. The molecular weight excluding hydrogens is 316 g/mol. The number of nitrogens with one attached hydrogen (secondary N) is 1. The Morgan fingerprint density at radius 3 is 2.44 bits per heavy atom.